The average molecular weight is 286 g/mol. The fraction of sp³-hybridized carbons (Fsp3) is 0.286. The minimum absolute atomic E-state index is 0. The van der Waals surface area contributed by atoms with E-state index in [-0.39, 0.29) is 34.5 Å². The summed E-state index contributed by atoms with van der Waals surface area (Å²) in [5.41, 5.74) is 2.13. The van der Waals surface area contributed by atoms with Crippen molar-refractivity contribution in [2.75, 3.05) is 0 Å². The minimum Gasteiger partial charge on any atom is -0.744 e. The molecule has 0 aromatic heterocycles. The Kier molecular flexibility index (Phi) is 5.59. The van der Waals surface area contributed by atoms with Crippen molar-refractivity contribution in [3.8, 4) is 0 Å². The van der Waals surface area contributed by atoms with Crippen LogP contribution in [0, 0.1) is 0 Å². The predicted molar refractivity (Wildman–Crippen MR) is 70.7 cm³/mol. The van der Waals surface area contributed by atoms with Gasteiger partial charge in [0.05, 0.1) is 4.90 Å². The van der Waals surface area contributed by atoms with Gasteiger partial charge in [-0.15, -0.1) is 0 Å². The minimum atomic E-state index is -4.43. The molecule has 0 atom stereocenters. The van der Waals surface area contributed by atoms with Gasteiger partial charge >= 0.3 is 29.6 Å². The molecule has 0 N–H and O–H groups in total. The van der Waals surface area contributed by atoms with Crippen LogP contribution in [0.3, 0.4) is 0 Å². The van der Waals surface area contributed by atoms with E-state index in [0.29, 0.717) is 5.39 Å². The largest absolute Gasteiger partial charge is 1.00 e. The maximum atomic E-state index is 11.3. The molecule has 0 aliphatic heterocycles. The molecule has 5 heteroatoms. The summed E-state index contributed by atoms with van der Waals surface area (Å²) < 4.78 is 33.9. The number of rotatable bonds is 3. The van der Waals surface area contributed by atoms with Gasteiger partial charge in [-0.05, 0) is 46.9 Å². The average Bonchev–Trinajstić information content (AvgIpc) is 2.35. The van der Waals surface area contributed by atoms with Crippen LogP contribution in [-0.2, 0) is 23.0 Å². The summed E-state index contributed by atoms with van der Waals surface area (Å²) in [7, 11) is -4.43. The van der Waals surface area contributed by atoms with Gasteiger partial charge in [0.1, 0.15) is 10.1 Å². The summed E-state index contributed by atoms with van der Waals surface area (Å²) in [4.78, 5) is -0.120. The van der Waals surface area contributed by atoms with E-state index in [2.05, 4.69) is 6.07 Å². The van der Waals surface area contributed by atoms with Crippen LogP contribution in [0.15, 0.2) is 35.2 Å². The van der Waals surface area contributed by atoms with Gasteiger partial charge in [-0.1, -0.05) is 32.0 Å². The topological polar surface area (TPSA) is 57.2 Å². The van der Waals surface area contributed by atoms with E-state index < -0.39 is 10.1 Å². The van der Waals surface area contributed by atoms with Crippen molar-refractivity contribution in [3.63, 3.8) is 0 Å². The second-order valence-corrected chi connectivity index (χ2v) is 5.62. The van der Waals surface area contributed by atoms with E-state index in [1.165, 1.54) is 6.07 Å². The Labute approximate surface area is 136 Å². The van der Waals surface area contributed by atoms with Crippen LogP contribution < -0.4 is 29.6 Å². The normalized spacial score (nSPS) is 11.3. The molecule has 96 valence electrons. The van der Waals surface area contributed by atoms with Crippen LogP contribution in [0.5, 0.6) is 0 Å². The first kappa shape index (κ1) is 16.7. The first-order chi connectivity index (χ1) is 8.47. The van der Waals surface area contributed by atoms with Gasteiger partial charge < -0.3 is 4.55 Å². The molecule has 0 bridgehead atoms. The Balaban J connectivity index is 0.00000180. The molecule has 3 nitrogen and oxygen atoms in total. The summed E-state index contributed by atoms with van der Waals surface area (Å²) in [6.07, 6.45) is 1.63. The van der Waals surface area contributed by atoms with Crippen LogP contribution in [0.25, 0.3) is 10.8 Å². The number of hydrogen-bond donors (Lipinski definition) is 0. The Hall–Kier alpha value is -0.390. The molecular weight excluding hydrogens is 271 g/mol. The summed E-state index contributed by atoms with van der Waals surface area (Å²) in [6, 6.07) is 8.74. The zero-order valence-corrected chi connectivity index (χ0v) is 14.3. The first-order valence-corrected chi connectivity index (χ1v) is 7.38. The van der Waals surface area contributed by atoms with Crippen molar-refractivity contribution in [1.82, 2.24) is 0 Å². The van der Waals surface area contributed by atoms with Crippen molar-refractivity contribution < 1.29 is 42.5 Å². The third-order valence-corrected chi connectivity index (χ3v) is 4.05. The number of aryl methyl sites for hydroxylation is 2. The summed E-state index contributed by atoms with van der Waals surface area (Å²) in [5.74, 6) is 0. The van der Waals surface area contributed by atoms with Gasteiger partial charge in [0.25, 0.3) is 0 Å². The second kappa shape index (κ2) is 6.37. The summed E-state index contributed by atoms with van der Waals surface area (Å²) in [6.45, 7) is 4.03. The molecule has 2 rings (SSSR count). The molecule has 0 heterocycles. The predicted octanol–water partition coefficient (Wildman–Crippen LogP) is -0.127. The van der Waals surface area contributed by atoms with Crippen molar-refractivity contribution >= 4 is 20.9 Å². The fourth-order valence-electron chi connectivity index (χ4n) is 2.22. The molecule has 0 radical (unpaired) electrons. The second-order valence-electron chi connectivity index (χ2n) is 4.27. The van der Waals surface area contributed by atoms with E-state index in [1.807, 2.05) is 19.9 Å². The molecule has 0 aliphatic rings. The maximum absolute atomic E-state index is 11.3. The molecule has 0 fully saturated rings. The van der Waals surface area contributed by atoms with Gasteiger partial charge in [-0.3, -0.25) is 0 Å². The summed E-state index contributed by atoms with van der Waals surface area (Å²) >= 11 is 0. The Morgan fingerprint density at radius 2 is 1.74 bits per heavy atom. The Bertz CT molecular complexity index is 693. The molecule has 0 saturated carbocycles. The molecule has 0 unspecified atom stereocenters. The van der Waals surface area contributed by atoms with E-state index in [0.717, 1.165) is 29.4 Å². The van der Waals surface area contributed by atoms with E-state index in [1.54, 1.807) is 12.1 Å². The standard InChI is InChI=1S/C14H16O3S.Na/c1-3-10-8-11(4-2)12-6-5-7-14(13(12)9-10)18(15,16)17;/h5-9H,3-4H2,1-2H3,(H,15,16,17);/q;+1/p-1. The molecule has 2 aromatic rings. The van der Waals surface area contributed by atoms with Crippen LogP contribution in [0.1, 0.15) is 25.0 Å². The van der Waals surface area contributed by atoms with Crippen molar-refractivity contribution in [3.05, 3.63) is 41.5 Å². The van der Waals surface area contributed by atoms with Crippen molar-refractivity contribution in [2.24, 2.45) is 0 Å². The smallest absolute Gasteiger partial charge is 0.744 e. The van der Waals surface area contributed by atoms with Crippen molar-refractivity contribution in [1.29, 1.82) is 0 Å². The van der Waals surface area contributed by atoms with Gasteiger partial charge in [-0.25, -0.2) is 8.42 Å². The Morgan fingerprint density at radius 1 is 1.05 bits per heavy atom. The number of hydrogen-bond acceptors (Lipinski definition) is 3. The van der Waals surface area contributed by atoms with E-state index in [4.69, 9.17) is 0 Å². The zero-order chi connectivity index (χ0) is 13.3. The SMILES string of the molecule is CCc1cc(CC)c2cccc(S(=O)(=O)[O-])c2c1.[Na+]. The summed E-state index contributed by atoms with van der Waals surface area (Å²) in [5, 5.41) is 1.40. The van der Waals surface area contributed by atoms with Crippen LogP contribution in [-0.4, -0.2) is 13.0 Å². The molecule has 19 heavy (non-hydrogen) atoms. The van der Waals surface area contributed by atoms with Crippen molar-refractivity contribution in [2.45, 2.75) is 31.6 Å². The first-order valence-electron chi connectivity index (χ1n) is 5.97. The monoisotopic (exact) mass is 286 g/mol. The molecule has 0 spiro atoms. The van der Waals surface area contributed by atoms with Gasteiger partial charge in [-0.2, -0.15) is 0 Å². The van der Waals surface area contributed by atoms with Gasteiger partial charge in [0.15, 0.2) is 0 Å². The van der Waals surface area contributed by atoms with E-state index in [9.17, 15) is 13.0 Å². The van der Waals surface area contributed by atoms with Gasteiger partial charge in [0.2, 0.25) is 0 Å². The number of fused-ring (bicyclic) bond motifs is 1. The molecular formula is C14H15NaO3S. The van der Waals surface area contributed by atoms with Crippen LogP contribution in [0.4, 0.5) is 0 Å². The third kappa shape index (κ3) is 3.38. The van der Waals surface area contributed by atoms with E-state index >= 15 is 0 Å². The maximum Gasteiger partial charge on any atom is 1.00 e. The molecule has 2 aromatic carbocycles. The third-order valence-electron chi connectivity index (χ3n) is 3.16. The van der Waals surface area contributed by atoms with Gasteiger partial charge in [0, 0.05) is 0 Å². The zero-order valence-electron chi connectivity index (χ0n) is 11.4. The quantitative estimate of drug-likeness (QED) is 0.583. The van der Waals surface area contributed by atoms with Crippen LogP contribution >= 0.6 is 0 Å². The van der Waals surface area contributed by atoms with Crippen LogP contribution in [0.2, 0.25) is 0 Å². The molecule has 0 amide bonds. The number of benzene rings is 2. The molecule has 0 saturated heterocycles. The fourth-order valence-corrected chi connectivity index (χ4v) is 2.90. The Morgan fingerprint density at radius 3 is 2.26 bits per heavy atom. The molecule has 0 aliphatic carbocycles.